The maximum absolute atomic E-state index is 6.78. The second-order valence-corrected chi connectivity index (χ2v) is 17.8. The second kappa shape index (κ2) is 13.8. The first-order valence-electron chi connectivity index (χ1n) is 22.9. The van der Waals surface area contributed by atoms with Crippen LogP contribution in [-0.2, 0) is 0 Å². The smallest absolute Gasteiger partial charge is 0.136 e. The van der Waals surface area contributed by atoms with E-state index in [9.17, 15) is 0 Å². The summed E-state index contributed by atoms with van der Waals surface area (Å²) >= 11 is 0. The Morgan fingerprint density at radius 2 is 0.522 bits per heavy atom. The minimum absolute atomic E-state index is 0.861. The molecule has 15 aromatic rings. The van der Waals surface area contributed by atoms with Crippen molar-refractivity contribution in [2.75, 3.05) is 0 Å². The Balaban J connectivity index is 0.961. The van der Waals surface area contributed by atoms with Gasteiger partial charge in [0.25, 0.3) is 0 Å². The van der Waals surface area contributed by atoms with Gasteiger partial charge in [-0.1, -0.05) is 164 Å². The van der Waals surface area contributed by atoms with E-state index in [1.54, 1.807) is 0 Å². The Morgan fingerprint density at radius 1 is 0.194 bits per heavy atom. The molecule has 0 radical (unpaired) electrons. The van der Waals surface area contributed by atoms with Gasteiger partial charge in [-0.25, -0.2) is 0 Å². The van der Waals surface area contributed by atoms with Crippen molar-refractivity contribution < 1.29 is 13.3 Å². The molecule has 0 aliphatic rings. The van der Waals surface area contributed by atoms with Gasteiger partial charge in [-0.3, -0.25) is 0 Å². The number of fused-ring (bicyclic) bond motifs is 13. The summed E-state index contributed by atoms with van der Waals surface area (Å²) in [5.41, 5.74) is 14.7. The number of hydrogen-bond acceptors (Lipinski definition) is 3. The largest absolute Gasteiger partial charge is 0.456 e. The first kappa shape index (κ1) is 36.4. The van der Waals surface area contributed by atoms with Gasteiger partial charge in [0.2, 0.25) is 0 Å². The van der Waals surface area contributed by atoms with Crippen molar-refractivity contribution in [1.29, 1.82) is 0 Å². The molecule has 3 nitrogen and oxygen atoms in total. The Hall–Kier alpha value is -8.92. The van der Waals surface area contributed by atoms with Crippen LogP contribution in [0.2, 0.25) is 0 Å². The molecule has 3 heteroatoms. The first-order chi connectivity index (χ1) is 33.2. The average Bonchev–Trinajstić information content (AvgIpc) is 4.07. The number of para-hydroxylation sites is 2. The molecular formula is C64H36O3. The van der Waals surface area contributed by atoms with E-state index >= 15 is 0 Å². The lowest BCUT2D eigenvalue weighted by Gasteiger charge is -2.18. The molecule has 3 aromatic heterocycles. The van der Waals surface area contributed by atoms with E-state index in [2.05, 4.69) is 194 Å². The van der Waals surface area contributed by atoms with Gasteiger partial charge in [-0.05, 0) is 142 Å². The molecular weight excluding hydrogens is 817 g/mol. The molecule has 0 spiro atoms. The third kappa shape index (κ3) is 5.22. The molecule has 0 unspecified atom stereocenters. The number of rotatable bonds is 4. The summed E-state index contributed by atoms with van der Waals surface area (Å²) in [7, 11) is 0. The molecule has 12 aromatic carbocycles. The standard InChI is InChI=1S/C64H36O3/c1-3-18-46-44(16-1)60(45-17-2-4-19-47(45)61(46)38-28-31-42-40-14-9-11-25-54(40)66-58(42)35-38)37-30-33-56-53(34-37)64-52(24-13-27-57(64)65-56)63-50-22-7-5-20-48(50)62(49-21-6-8-23-51(49)63)39-29-32-43-41-15-10-12-26-55(41)67-59(43)36-39/h1-36H. The number of benzene rings is 12. The van der Waals surface area contributed by atoms with Gasteiger partial charge in [-0.2, -0.15) is 0 Å². The zero-order chi connectivity index (χ0) is 43.7. The first-order valence-corrected chi connectivity index (χ1v) is 22.9. The lowest BCUT2D eigenvalue weighted by Crippen LogP contribution is -1.91. The molecule has 0 fully saturated rings. The molecule has 0 N–H and O–H groups in total. The van der Waals surface area contributed by atoms with Crippen molar-refractivity contribution in [1.82, 2.24) is 0 Å². The fraction of sp³-hybridized carbons (Fsp3) is 0. The maximum Gasteiger partial charge on any atom is 0.136 e. The van der Waals surface area contributed by atoms with Gasteiger partial charge in [0.1, 0.15) is 33.5 Å². The highest BCUT2D eigenvalue weighted by Gasteiger charge is 2.23. The van der Waals surface area contributed by atoms with E-state index in [0.717, 1.165) is 88.1 Å². The molecule has 67 heavy (non-hydrogen) atoms. The van der Waals surface area contributed by atoms with Crippen molar-refractivity contribution in [2.24, 2.45) is 0 Å². The van der Waals surface area contributed by atoms with Crippen molar-refractivity contribution in [2.45, 2.75) is 0 Å². The highest BCUT2D eigenvalue weighted by Crippen LogP contribution is 2.50. The SMILES string of the molecule is c1ccc2c(c1)oc1cc(-c3c4ccccc4c(-c4ccc5oc6cccc(-c7c8ccccc8c(-c8ccc9c(c8)oc8ccccc89)c8ccccc78)c6c5c4)c4ccccc34)ccc12. The highest BCUT2D eigenvalue weighted by molar-refractivity contribution is 6.27. The summed E-state index contributed by atoms with van der Waals surface area (Å²) in [6.07, 6.45) is 0. The Labute approximate surface area is 383 Å². The average molecular weight is 853 g/mol. The van der Waals surface area contributed by atoms with Crippen LogP contribution in [0, 0.1) is 0 Å². The molecule has 310 valence electrons. The highest BCUT2D eigenvalue weighted by atomic mass is 16.3. The summed E-state index contributed by atoms with van der Waals surface area (Å²) in [6, 6.07) is 78.6. The zero-order valence-electron chi connectivity index (χ0n) is 36.0. The van der Waals surface area contributed by atoms with Crippen molar-refractivity contribution >= 4 is 109 Å². The van der Waals surface area contributed by atoms with Crippen LogP contribution in [-0.4, -0.2) is 0 Å². The Kier molecular flexibility index (Phi) is 7.50. The molecule has 0 saturated carbocycles. The minimum atomic E-state index is 0.861. The third-order valence-corrected chi connectivity index (χ3v) is 14.3. The lowest BCUT2D eigenvalue weighted by atomic mass is 9.84. The lowest BCUT2D eigenvalue weighted by molar-refractivity contribution is 0.668. The van der Waals surface area contributed by atoms with Crippen LogP contribution in [0.15, 0.2) is 232 Å². The quantitative estimate of drug-likeness (QED) is 0.166. The molecule has 0 atom stereocenters. The van der Waals surface area contributed by atoms with Crippen LogP contribution >= 0.6 is 0 Å². The Morgan fingerprint density at radius 3 is 0.985 bits per heavy atom. The minimum Gasteiger partial charge on any atom is -0.456 e. The topological polar surface area (TPSA) is 39.4 Å². The molecule has 0 amide bonds. The molecule has 3 heterocycles. The van der Waals surface area contributed by atoms with Gasteiger partial charge in [-0.15, -0.1) is 0 Å². The van der Waals surface area contributed by atoms with Gasteiger partial charge in [0, 0.05) is 32.3 Å². The van der Waals surface area contributed by atoms with E-state index < -0.39 is 0 Å². The molecule has 0 aliphatic heterocycles. The summed E-state index contributed by atoms with van der Waals surface area (Å²) in [6.45, 7) is 0. The van der Waals surface area contributed by atoms with Crippen LogP contribution in [0.25, 0.3) is 153 Å². The molecule has 0 saturated heterocycles. The molecule has 15 rings (SSSR count). The fourth-order valence-corrected chi connectivity index (χ4v) is 11.4. The molecule has 0 bridgehead atoms. The normalized spacial score (nSPS) is 12.2. The summed E-state index contributed by atoms with van der Waals surface area (Å²) in [5, 5.41) is 16.3. The van der Waals surface area contributed by atoms with E-state index in [1.807, 2.05) is 24.3 Å². The van der Waals surface area contributed by atoms with Gasteiger partial charge in [0.15, 0.2) is 0 Å². The molecule has 0 aliphatic carbocycles. The van der Waals surface area contributed by atoms with Crippen LogP contribution in [0.1, 0.15) is 0 Å². The third-order valence-electron chi connectivity index (χ3n) is 14.3. The fourth-order valence-electron chi connectivity index (χ4n) is 11.4. The van der Waals surface area contributed by atoms with Crippen molar-refractivity contribution in [3.05, 3.63) is 218 Å². The van der Waals surface area contributed by atoms with E-state index in [-0.39, 0.29) is 0 Å². The predicted molar refractivity (Wildman–Crippen MR) is 280 cm³/mol. The van der Waals surface area contributed by atoms with E-state index in [0.29, 0.717) is 0 Å². The summed E-state index contributed by atoms with van der Waals surface area (Å²) in [4.78, 5) is 0. The van der Waals surface area contributed by atoms with Crippen molar-refractivity contribution in [3.63, 3.8) is 0 Å². The van der Waals surface area contributed by atoms with Crippen LogP contribution < -0.4 is 0 Å². The summed E-state index contributed by atoms with van der Waals surface area (Å²) in [5.74, 6) is 0. The van der Waals surface area contributed by atoms with Crippen LogP contribution in [0.5, 0.6) is 0 Å². The maximum atomic E-state index is 6.78. The van der Waals surface area contributed by atoms with E-state index in [1.165, 1.54) is 65.3 Å². The summed E-state index contributed by atoms with van der Waals surface area (Å²) < 4.78 is 19.6. The predicted octanol–water partition coefficient (Wildman–Crippen LogP) is 18.7. The number of hydrogen-bond donors (Lipinski definition) is 0. The number of furan rings is 3. The second-order valence-electron chi connectivity index (χ2n) is 17.8. The van der Waals surface area contributed by atoms with Crippen LogP contribution in [0.3, 0.4) is 0 Å². The monoisotopic (exact) mass is 852 g/mol. The van der Waals surface area contributed by atoms with Crippen molar-refractivity contribution in [3.8, 4) is 44.5 Å². The van der Waals surface area contributed by atoms with E-state index in [4.69, 9.17) is 13.3 Å². The van der Waals surface area contributed by atoms with Crippen LogP contribution in [0.4, 0.5) is 0 Å². The Bertz CT molecular complexity index is 4460. The zero-order valence-corrected chi connectivity index (χ0v) is 36.0. The van der Waals surface area contributed by atoms with Gasteiger partial charge in [0.05, 0.1) is 0 Å². The van der Waals surface area contributed by atoms with Gasteiger partial charge < -0.3 is 13.3 Å². The van der Waals surface area contributed by atoms with Gasteiger partial charge >= 0.3 is 0 Å².